The van der Waals surface area contributed by atoms with Crippen molar-refractivity contribution in [2.45, 2.75) is 33.6 Å². The number of carbonyl (C=O) groups is 2. The second kappa shape index (κ2) is 7.09. The molecule has 0 spiro atoms. The molecule has 3 rings (SSSR count). The Morgan fingerprint density at radius 3 is 1.92 bits per heavy atom. The molecule has 0 aliphatic heterocycles. The van der Waals surface area contributed by atoms with Gasteiger partial charge in [0, 0.05) is 11.4 Å². The normalized spacial score (nSPS) is 18.5. The number of aryl methyl sites for hydroxylation is 3. The van der Waals surface area contributed by atoms with Crippen LogP contribution in [0.5, 0.6) is 0 Å². The molecule has 2 aromatic carbocycles. The molecule has 4 nitrogen and oxygen atoms in total. The molecular weight excluding hydrogens is 312 g/mol. The van der Waals surface area contributed by atoms with Gasteiger partial charge in [-0.15, -0.1) is 0 Å². The van der Waals surface area contributed by atoms with Crippen LogP contribution in [0.1, 0.15) is 30.0 Å². The summed E-state index contributed by atoms with van der Waals surface area (Å²) in [5.41, 5.74) is 5.02. The Hall–Kier alpha value is -2.62. The van der Waals surface area contributed by atoms with Crippen LogP contribution >= 0.6 is 0 Å². The molecule has 0 saturated heterocycles. The summed E-state index contributed by atoms with van der Waals surface area (Å²) in [5.74, 6) is -0.635. The van der Waals surface area contributed by atoms with E-state index in [4.69, 9.17) is 0 Å². The highest BCUT2D eigenvalue weighted by atomic mass is 16.2. The molecule has 1 saturated carbocycles. The number of carbonyl (C=O) groups excluding carboxylic acids is 2. The van der Waals surface area contributed by atoms with Crippen molar-refractivity contribution >= 4 is 23.2 Å². The minimum absolute atomic E-state index is 0.0773. The zero-order valence-electron chi connectivity index (χ0n) is 14.9. The number of hydrogen-bond acceptors (Lipinski definition) is 2. The van der Waals surface area contributed by atoms with Gasteiger partial charge < -0.3 is 10.6 Å². The first kappa shape index (κ1) is 17.2. The number of amides is 2. The molecule has 2 atom stereocenters. The number of anilines is 2. The van der Waals surface area contributed by atoms with Gasteiger partial charge in [0.2, 0.25) is 11.8 Å². The van der Waals surface area contributed by atoms with Crippen molar-refractivity contribution in [1.82, 2.24) is 0 Å². The van der Waals surface area contributed by atoms with Gasteiger partial charge in [-0.25, -0.2) is 0 Å². The molecule has 2 aromatic rings. The molecule has 0 radical (unpaired) electrons. The van der Waals surface area contributed by atoms with Crippen LogP contribution in [0.25, 0.3) is 0 Å². The Kier molecular flexibility index (Phi) is 4.88. The van der Waals surface area contributed by atoms with Crippen LogP contribution in [0.15, 0.2) is 42.5 Å². The molecule has 1 fully saturated rings. The number of benzene rings is 2. The quantitative estimate of drug-likeness (QED) is 0.864. The lowest BCUT2D eigenvalue weighted by atomic mass is 10.1. The van der Waals surface area contributed by atoms with E-state index in [9.17, 15) is 9.59 Å². The molecule has 0 bridgehead atoms. The Morgan fingerprint density at radius 2 is 1.40 bits per heavy atom. The molecule has 2 N–H and O–H groups in total. The van der Waals surface area contributed by atoms with Crippen LogP contribution in [0.3, 0.4) is 0 Å². The number of nitrogens with one attached hydrogen (secondary N) is 2. The van der Waals surface area contributed by atoms with Gasteiger partial charge in [-0.1, -0.05) is 25.1 Å². The lowest BCUT2D eigenvalue weighted by Gasteiger charge is -2.08. The zero-order valence-corrected chi connectivity index (χ0v) is 14.9. The third-order valence-corrected chi connectivity index (χ3v) is 4.58. The highest BCUT2D eigenvalue weighted by molar-refractivity contribution is 6.03. The topological polar surface area (TPSA) is 58.2 Å². The maximum Gasteiger partial charge on any atom is 0.228 e. The minimum atomic E-state index is -0.240. The Bertz CT molecular complexity index is 776. The molecule has 25 heavy (non-hydrogen) atoms. The van der Waals surface area contributed by atoms with Crippen molar-refractivity contribution < 1.29 is 9.59 Å². The summed E-state index contributed by atoms with van der Waals surface area (Å²) in [7, 11) is 0. The van der Waals surface area contributed by atoms with E-state index < -0.39 is 0 Å². The fourth-order valence-corrected chi connectivity index (χ4v) is 3.12. The molecule has 2 unspecified atom stereocenters. The summed E-state index contributed by atoms with van der Waals surface area (Å²) in [6.45, 7) is 6.09. The first-order valence-corrected chi connectivity index (χ1v) is 8.75. The third-order valence-electron chi connectivity index (χ3n) is 4.58. The summed E-state index contributed by atoms with van der Waals surface area (Å²) in [5, 5.41) is 5.83. The number of rotatable bonds is 5. The van der Waals surface area contributed by atoms with E-state index in [0.29, 0.717) is 6.42 Å². The van der Waals surface area contributed by atoms with Crippen LogP contribution in [-0.4, -0.2) is 11.8 Å². The first-order valence-electron chi connectivity index (χ1n) is 8.75. The van der Waals surface area contributed by atoms with Crippen LogP contribution in [0.2, 0.25) is 0 Å². The van der Waals surface area contributed by atoms with E-state index in [1.807, 2.05) is 50.2 Å². The van der Waals surface area contributed by atoms with Gasteiger partial charge in [0.25, 0.3) is 0 Å². The van der Waals surface area contributed by atoms with Crippen molar-refractivity contribution in [2.24, 2.45) is 11.8 Å². The highest BCUT2D eigenvalue weighted by Crippen LogP contribution is 2.40. The average molecular weight is 336 g/mol. The van der Waals surface area contributed by atoms with Crippen molar-refractivity contribution in [2.75, 3.05) is 10.6 Å². The smallest absolute Gasteiger partial charge is 0.228 e. The van der Waals surface area contributed by atoms with Crippen molar-refractivity contribution in [3.8, 4) is 0 Å². The highest BCUT2D eigenvalue weighted by Gasteiger charge is 2.48. The lowest BCUT2D eigenvalue weighted by Crippen LogP contribution is -2.20. The summed E-state index contributed by atoms with van der Waals surface area (Å²) in [4.78, 5) is 24.7. The standard InChI is InChI=1S/C21H24N2O2/c1-4-15-5-7-16(8-6-15)22-20(24)18-12-19(18)21(25)23-17-10-13(2)9-14(3)11-17/h5-11,18-19H,4,12H2,1-3H3,(H,22,24)(H,23,25). The van der Waals surface area contributed by atoms with Gasteiger partial charge >= 0.3 is 0 Å². The first-order chi connectivity index (χ1) is 12.0. The Labute approximate surface area is 148 Å². The van der Waals surface area contributed by atoms with E-state index in [2.05, 4.69) is 23.6 Å². The van der Waals surface area contributed by atoms with Crippen LogP contribution in [0.4, 0.5) is 11.4 Å². The molecule has 0 heterocycles. The predicted octanol–water partition coefficient (Wildman–Crippen LogP) is 4.08. The predicted molar refractivity (Wildman–Crippen MR) is 101 cm³/mol. The van der Waals surface area contributed by atoms with Gasteiger partial charge in [0.15, 0.2) is 0 Å². The molecule has 0 aromatic heterocycles. The van der Waals surface area contributed by atoms with E-state index in [1.54, 1.807) is 0 Å². The zero-order chi connectivity index (χ0) is 18.0. The van der Waals surface area contributed by atoms with E-state index in [-0.39, 0.29) is 23.7 Å². The molecule has 1 aliphatic rings. The molecule has 130 valence electrons. The largest absolute Gasteiger partial charge is 0.326 e. The van der Waals surface area contributed by atoms with E-state index in [0.717, 1.165) is 28.9 Å². The van der Waals surface area contributed by atoms with Gasteiger partial charge in [0.1, 0.15) is 0 Å². The Morgan fingerprint density at radius 1 is 0.880 bits per heavy atom. The summed E-state index contributed by atoms with van der Waals surface area (Å²) >= 11 is 0. The van der Waals surface area contributed by atoms with Gasteiger partial charge in [-0.3, -0.25) is 9.59 Å². The average Bonchev–Trinajstić information content (AvgIpc) is 3.35. The van der Waals surface area contributed by atoms with E-state index >= 15 is 0 Å². The third kappa shape index (κ3) is 4.27. The maximum atomic E-state index is 12.4. The van der Waals surface area contributed by atoms with E-state index in [1.165, 1.54) is 5.56 Å². The summed E-state index contributed by atoms with van der Waals surface area (Å²) < 4.78 is 0. The minimum Gasteiger partial charge on any atom is -0.326 e. The second-order valence-corrected chi connectivity index (χ2v) is 6.85. The fraction of sp³-hybridized carbons (Fsp3) is 0.333. The number of hydrogen-bond donors (Lipinski definition) is 2. The monoisotopic (exact) mass is 336 g/mol. The van der Waals surface area contributed by atoms with Gasteiger partial charge in [0.05, 0.1) is 11.8 Å². The summed E-state index contributed by atoms with van der Waals surface area (Å²) in [6.07, 6.45) is 1.58. The molecule has 2 amide bonds. The summed E-state index contributed by atoms with van der Waals surface area (Å²) in [6, 6.07) is 13.8. The van der Waals surface area contributed by atoms with Gasteiger partial charge in [-0.05, 0) is 67.6 Å². The van der Waals surface area contributed by atoms with Crippen LogP contribution in [0, 0.1) is 25.7 Å². The van der Waals surface area contributed by atoms with Crippen molar-refractivity contribution in [3.63, 3.8) is 0 Å². The maximum absolute atomic E-state index is 12.4. The molecule has 4 heteroatoms. The van der Waals surface area contributed by atoms with Crippen LogP contribution in [-0.2, 0) is 16.0 Å². The lowest BCUT2D eigenvalue weighted by molar-refractivity contribution is -0.122. The Balaban J connectivity index is 1.55. The van der Waals surface area contributed by atoms with Gasteiger partial charge in [-0.2, -0.15) is 0 Å². The van der Waals surface area contributed by atoms with Crippen LogP contribution < -0.4 is 10.6 Å². The SMILES string of the molecule is CCc1ccc(NC(=O)C2CC2C(=O)Nc2cc(C)cc(C)c2)cc1. The molecule has 1 aliphatic carbocycles. The van der Waals surface area contributed by atoms with Crippen molar-refractivity contribution in [3.05, 3.63) is 59.2 Å². The second-order valence-electron chi connectivity index (χ2n) is 6.85. The fourth-order valence-electron chi connectivity index (χ4n) is 3.12. The molecular formula is C21H24N2O2. The van der Waals surface area contributed by atoms with Crippen molar-refractivity contribution in [1.29, 1.82) is 0 Å².